The van der Waals surface area contributed by atoms with Gasteiger partial charge in [0.1, 0.15) is 6.54 Å². The molecule has 25 heavy (non-hydrogen) atoms. The van der Waals surface area contributed by atoms with Crippen LogP contribution < -0.4 is 10.9 Å². The van der Waals surface area contributed by atoms with Crippen LogP contribution >= 0.6 is 0 Å². The number of nitrogens with zero attached hydrogens (tertiary/aromatic N) is 2. The first-order valence-corrected chi connectivity index (χ1v) is 8.94. The molecule has 1 fully saturated rings. The molecule has 134 valence electrons. The second-order valence-electron chi connectivity index (χ2n) is 7.01. The molecular formula is C19H25N3O3. The van der Waals surface area contributed by atoms with Crippen LogP contribution in [0.5, 0.6) is 0 Å². The highest BCUT2D eigenvalue weighted by atomic mass is 16.3. The summed E-state index contributed by atoms with van der Waals surface area (Å²) in [4.78, 5) is 24.8. The lowest BCUT2D eigenvalue weighted by molar-refractivity contribution is -0.123. The number of benzene rings is 1. The van der Waals surface area contributed by atoms with Crippen molar-refractivity contribution in [2.75, 3.05) is 6.54 Å². The quantitative estimate of drug-likeness (QED) is 0.831. The van der Waals surface area contributed by atoms with E-state index in [4.69, 9.17) is 0 Å². The Hall–Kier alpha value is -2.21. The zero-order valence-corrected chi connectivity index (χ0v) is 14.6. The topological polar surface area (TPSA) is 84.2 Å². The number of hydrogen-bond acceptors (Lipinski definition) is 4. The van der Waals surface area contributed by atoms with Crippen LogP contribution in [0.4, 0.5) is 0 Å². The molecule has 1 aliphatic rings. The van der Waals surface area contributed by atoms with Gasteiger partial charge in [-0.2, -0.15) is 5.10 Å². The van der Waals surface area contributed by atoms with Crippen molar-refractivity contribution in [3.05, 3.63) is 40.3 Å². The number of hydrogen-bond donors (Lipinski definition) is 2. The van der Waals surface area contributed by atoms with E-state index in [-0.39, 0.29) is 24.6 Å². The van der Waals surface area contributed by atoms with Crippen molar-refractivity contribution < 1.29 is 9.90 Å². The van der Waals surface area contributed by atoms with Gasteiger partial charge in [0.25, 0.3) is 5.56 Å². The Bertz CT molecular complexity index is 820. The zero-order valence-electron chi connectivity index (χ0n) is 14.6. The first-order chi connectivity index (χ1) is 12.0. The van der Waals surface area contributed by atoms with Gasteiger partial charge in [0, 0.05) is 11.9 Å². The van der Waals surface area contributed by atoms with Crippen LogP contribution in [0.3, 0.4) is 0 Å². The fraction of sp³-hybridized carbons (Fsp3) is 0.526. The minimum atomic E-state index is -0.830. The van der Waals surface area contributed by atoms with Gasteiger partial charge in [-0.1, -0.05) is 43.9 Å². The summed E-state index contributed by atoms with van der Waals surface area (Å²) in [5, 5.41) is 19.0. The lowest BCUT2D eigenvalue weighted by Gasteiger charge is -2.26. The molecule has 0 spiro atoms. The summed E-state index contributed by atoms with van der Waals surface area (Å²) < 4.78 is 1.20. The van der Waals surface area contributed by atoms with Gasteiger partial charge in [-0.15, -0.1) is 0 Å². The normalized spacial score (nSPS) is 17.2. The number of aryl methyl sites for hydroxylation is 1. The van der Waals surface area contributed by atoms with Crippen molar-refractivity contribution in [3.63, 3.8) is 0 Å². The summed E-state index contributed by atoms with van der Waals surface area (Å²) in [6, 6.07) is 7.26. The van der Waals surface area contributed by atoms with Crippen LogP contribution in [-0.4, -0.2) is 32.9 Å². The van der Waals surface area contributed by atoms with Gasteiger partial charge in [-0.05, 0) is 25.8 Å². The monoisotopic (exact) mass is 343 g/mol. The third-order valence-corrected chi connectivity index (χ3v) is 4.99. The number of nitrogens with one attached hydrogen (secondary N) is 1. The van der Waals surface area contributed by atoms with E-state index in [2.05, 4.69) is 10.4 Å². The molecule has 1 aliphatic carbocycles. The van der Waals surface area contributed by atoms with Crippen molar-refractivity contribution in [2.24, 2.45) is 0 Å². The third-order valence-electron chi connectivity index (χ3n) is 4.99. The molecule has 1 aromatic heterocycles. The molecule has 2 aromatic rings. The molecule has 6 nitrogen and oxygen atoms in total. The first kappa shape index (κ1) is 17.6. The Labute approximate surface area is 146 Å². The second kappa shape index (κ2) is 7.35. The summed E-state index contributed by atoms with van der Waals surface area (Å²) >= 11 is 0. The largest absolute Gasteiger partial charge is 0.388 e. The van der Waals surface area contributed by atoms with Gasteiger partial charge in [-0.3, -0.25) is 9.59 Å². The highest BCUT2D eigenvalue weighted by Crippen LogP contribution is 2.26. The number of rotatable bonds is 4. The molecule has 0 bridgehead atoms. The minimum Gasteiger partial charge on any atom is -0.388 e. The Morgan fingerprint density at radius 2 is 1.84 bits per heavy atom. The SMILES string of the molecule is Cc1nn(CC(=O)NCC2(O)CCCCCC2)c(=O)c2ccccc12. The standard InChI is InChI=1S/C19H25N3O3/c1-14-15-8-4-5-9-16(15)18(24)22(21-14)12-17(23)20-13-19(25)10-6-2-3-7-11-19/h4-5,8-9,25H,2-3,6-7,10-13H2,1H3,(H,20,23). The maximum atomic E-state index is 12.5. The average Bonchev–Trinajstić information content (AvgIpc) is 2.83. The van der Waals surface area contributed by atoms with E-state index in [0.717, 1.165) is 31.1 Å². The van der Waals surface area contributed by atoms with Gasteiger partial charge in [0.05, 0.1) is 16.7 Å². The minimum absolute atomic E-state index is 0.138. The number of aromatic nitrogens is 2. The lowest BCUT2D eigenvalue weighted by Crippen LogP contribution is -2.44. The van der Waals surface area contributed by atoms with Crippen molar-refractivity contribution in [1.82, 2.24) is 15.1 Å². The van der Waals surface area contributed by atoms with E-state index < -0.39 is 5.60 Å². The molecule has 0 radical (unpaired) electrons. The van der Waals surface area contributed by atoms with Gasteiger partial charge >= 0.3 is 0 Å². The van der Waals surface area contributed by atoms with Crippen LogP contribution in [0.1, 0.15) is 44.2 Å². The molecule has 1 aromatic carbocycles. The van der Waals surface area contributed by atoms with Gasteiger partial charge in [-0.25, -0.2) is 4.68 Å². The summed E-state index contributed by atoms with van der Waals surface area (Å²) in [5.41, 5.74) is -0.390. The number of aliphatic hydroxyl groups is 1. The maximum absolute atomic E-state index is 12.5. The molecule has 1 saturated carbocycles. The van der Waals surface area contributed by atoms with E-state index in [1.54, 1.807) is 12.1 Å². The fourth-order valence-corrected chi connectivity index (χ4v) is 3.53. The van der Waals surface area contributed by atoms with Crippen molar-refractivity contribution in [3.8, 4) is 0 Å². The van der Waals surface area contributed by atoms with E-state index in [1.807, 2.05) is 19.1 Å². The molecule has 0 unspecified atom stereocenters. The predicted octanol–water partition coefficient (Wildman–Crippen LogP) is 1.91. The molecule has 6 heteroatoms. The van der Waals surface area contributed by atoms with Gasteiger partial charge in [0.2, 0.25) is 5.91 Å². The fourth-order valence-electron chi connectivity index (χ4n) is 3.53. The number of amides is 1. The molecule has 0 saturated heterocycles. The molecule has 1 heterocycles. The van der Waals surface area contributed by atoms with E-state index in [1.165, 1.54) is 4.68 Å². The predicted molar refractivity (Wildman–Crippen MR) is 96.4 cm³/mol. The van der Waals surface area contributed by atoms with Gasteiger partial charge in [0.15, 0.2) is 0 Å². The highest BCUT2D eigenvalue weighted by Gasteiger charge is 2.28. The second-order valence-corrected chi connectivity index (χ2v) is 7.01. The van der Waals surface area contributed by atoms with Crippen LogP contribution in [0.2, 0.25) is 0 Å². The smallest absolute Gasteiger partial charge is 0.275 e. The molecular weight excluding hydrogens is 318 g/mol. The van der Waals surface area contributed by atoms with E-state index in [9.17, 15) is 14.7 Å². The lowest BCUT2D eigenvalue weighted by atomic mass is 9.94. The van der Waals surface area contributed by atoms with Crippen molar-refractivity contribution in [2.45, 2.75) is 57.6 Å². The van der Waals surface area contributed by atoms with E-state index in [0.29, 0.717) is 23.9 Å². The molecule has 2 N–H and O–H groups in total. The Morgan fingerprint density at radius 3 is 2.52 bits per heavy atom. The summed E-state index contributed by atoms with van der Waals surface area (Å²) in [6.07, 6.45) is 5.65. The number of fused-ring (bicyclic) bond motifs is 1. The number of carbonyl (C=O) groups excluding carboxylic acids is 1. The number of carbonyl (C=O) groups is 1. The molecule has 0 aliphatic heterocycles. The van der Waals surface area contributed by atoms with Crippen LogP contribution in [0.15, 0.2) is 29.1 Å². The Morgan fingerprint density at radius 1 is 1.20 bits per heavy atom. The average molecular weight is 343 g/mol. The van der Waals surface area contributed by atoms with Crippen LogP contribution in [0.25, 0.3) is 10.8 Å². The van der Waals surface area contributed by atoms with Gasteiger partial charge < -0.3 is 10.4 Å². The van der Waals surface area contributed by atoms with Crippen molar-refractivity contribution >= 4 is 16.7 Å². The summed E-state index contributed by atoms with van der Waals surface area (Å²) in [6.45, 7) is 1.91. The third kappa shape index (κ3) is 4.07. The maximum Gasteiger partial charge on any atom is 0.275 e. The highest BCUT2D eigenvalue weighted by molar-refractivity contribution is 5.83. The van der Waals surface area contributed by atoms with E-state index >= 15 is 0 Å². The summed E-state index contributed by atoms with van der Waals surface area (Å²) in [7, 11) is 0. The molecule has 1 amide bonds. The van der Waals surface area contributed by atoms with Crippen LogP contribution in [-0.2, 0) is 11.3 Å². The zero-order chi connectivity index (χ0) is 17.9. The summed E-state index contributed by atoms with van der Waals surface area (Å²) in [5.74, 6) is -0.304. The Kier molecular flexibility index (Phi) is 5.18. The molecule has 3 rings (SSSR count). The Balaban J connectivity index is 1.70. The van der Waals surface area contributed by atoms with Crippen molar-refractivity contribution in [1.29, 1.82) is 0 Å². The molecule has 0 atom stereocenters. The van der Waals surface area contributed by atoms with Crippen LogP contribution in [0, 0.1) is 6.92 Å². The first-order valence-electron chi connectivity index (χ1n) is 8.94.